The summed E-state index contributed by atoms with van der Waals surface area (Å²) >= 11 is 0. The fraction of sp³-hybridized carbons (Fsp3) is 0.807. The zero-order valence-corrected chi connectivity index (χ0v) is 75.5. The first-order valence-corrected chi connectivity index (χ1v) is 44.4. The van der Waals surface area contributed by atoms with E-state index in [1.54, 1.807) is 39.8 Å². The van der Waals surface area contributed by atoms with Crippen LogP contribution in [0.15, 0.2) is 95.2 Å². The van der Waals surface area contributed by atoms with E-state index in [4.69, 9.17) is 80.5 Å². The number of carbonyl (C=O) groups is 1. The second kappa shape index (κ2) is 51.6. The number of carbonyl (C=O) groups excluding carboxylic acids is 1. The van der Waals surface area contributed by atoms with Gasteiger partial charge in [-0.15, -0.1) is 13.2 Å². The van der Waals surface area contributed by atoms with Gasteiger partial charge in [0, 0.05) is 5.57 Å². The van der Waals surface area contributed by atoms with E-state index in [0.29, 0.717) is 68.1 Å². The van der Waals surface area contributed by atoms with E-state index < -0.39 is 302 Å². The SMILES string of the molecule is C=C[C@](C)(CC/C=C(\CO)CC/C=C(\C)C[C@@H](O)/C=C(\C)C(=O)O[C@H]1[C@H](O[C@H]2[C@H](O)[C@@H](O)[C@H](OC/C(C)=C\CC/C(C)=C/CC/C(C)=C/CC[C@@](C)(C=C)O[C@@H]3O[C@H](CO)[C@@H](O[C@@H]4O[C@H](CO)[C@@H](O)[C@H](O)[C@H]4O)[C@H](O)[C@H]3O)O[C@@H]2CO[C@@H]2O[C@@H](C)[C@H](O)[C@@H](O)[C@H]2O)O[C@@H](C)[C@H](O)[C@H]1O[C@@H]1O[C@@H](C)[C@H](O)[C@@H](O)[C@H]1O)O[C@@H]1O[C@H](CO)[C@@H](O[C@@H]2O[C@H](CO)[C@@H](O)[C@H](O)[C@H]2O)[C@H](O)[C@H]1O. The Morgan fingerprint density at radius 3 is 1.18 bits per heavy atom. The summed E-state index contributed by atoms with van der Waals surface area (Å²) < 4.78 is 101. The summed E-state index contributed by atoms with van der Waals surface area (Å²) in [5.74, 6) is -1.17. The zero-order valence-electron chi connectivity index (χ0n) is 75.5. The highest BCUT2D eigenvalue weighted by Crippen LogP contribution is 2.40. The highest BCUT2D eigenvalue weighted by Gasteiger charge is 2.58. The summed E-state index contributed by atoms with van der Waals surface area (Å²) in [5, 5.41) is 269. The maximum Gasteiger partial charge on any atom is 0.334 e. The third kappa shape index (κ3) is 29.4. The molecule has 0 unspecified atom stereocenters. The molecule has 8 saturated heterocycles. The second-order valence-corrected chi connectivity index (χ2v) is 35.6. The predicted octanol–water partition coefficient (Wildman–Crippen LogP) is -5.62. The van der Waals surface area contributed by atoms with Gasteiger partial charge < -0.3 is 208 Å². The lowest BCUT2D eigenvalue weighted by atomic mass is 9.95. The standard InChI is InChI=1S/C88H144O43/c1-13-87(11,130-84-71(112)64(105)73(51(35-92)122-84)126-82-68(109)61(102)57(98)49(33-90)120-82)28-18-25-40(4)21-15-20-39(3)22-16-24-42(6)37-115-80-70(111)63(104)75(53(124-80)38-116-79-66(107)59(100)54(95)44(8)117-79)128-86-77(76(56(97)46(10)119-86)129-81-67(108)60(101)55(96)45(9)118-81)125-78(114)43(7)31-48(94)30-41(5)23-17-26-47(32-89)27-19-29-88(12,14-2)131-85-72(113)65(106)74(52(36-93)123-85)127-83-69(110)62(103)58(99)50(34-91)121-83/h13-14,20,23-25,27,31,44-46,48-77,79-86,89-113H,1-2,15-19,21-22,26,28-30,32-38H2,3-12H3/b39-20+,40-25+,41-23+,42-24-,43-31+,47-27-/t44-,45-,46-,48+,49+,50+,51+,52+,53+,54-,55-,56-,57+,58+,59+,60+,61-,62-,63+,64+,65+,66+,67+,68+,69+,70+,71+,72+,73+,74+,75+,76+,77+,79+,80+,81-,82-,83-,84-,85-,86-,87+,88+/m0/s1. The van der Waals surface area contributed by atoms with Gasteiger partial charge in [0.25, 0.3) is 0 Å². The van der Waals surface area contributed by atoms with E-state index in [1.807, 2.05) is 26.0 Å². The Kier molecular flexibility index (Phi) is 44.1. The molecule has 0 radical (unpaired) electrons. The quantitative estimate of drug-likeness (QED) is 0.0154. The van der Waals surface area contributed by atoms with E-state index in [0.717, 1.165) is 11.1 Å². The molecule has 0 aliphatic carbocycles. The van der Waals surface area contributed by atoms with E-state index in [9.17, 15) is 132 Å². The van der Waals surface area contributed by atoms with E-state index in [1.165, 1.54) is 45.9 Å². The highest BCUT2D eigenvalue weighted by atomic mass is 16.8. The van der Waals surface area contributed by atoms with Crippen molar-refractivity contribution in [1.29, 1.82) is 0 Å². The van der Waals surface area contributed by atoms with Gasteiger partial charge >= 0.3 is 5.97 Å². The lowest BCUT2D eigenvalue weighted by Crippen LogP contribution is -2.66. The third-order valence-electron chi connectivity index (χ3n) is 25.0. The van der Waals surface area contributed by atoms with E-state index >= 15 is 0 Å². The number of ether oxygens (including phenoxy) is 17. The number of aliphatic hydroxyl groups is 25. The largest absolute Gasteiger partial charge is 0.451 e. The van der Waals surface area contributed by atoms with Gasteiger partial charge in [-0.1, -0.05) is 64.8 Å². The monoisotopic (exact) mass is 1890 g/mol. The maximum atomic E-state index is 14.5. The second-order valence-electron chi connectivity index (χ2n) is 35.6. The molecule has 8 heterocycles. The Hall–Kier alpha value is -4.25. The molecule has 0 aromatic heterocycles. The van der Waals surface area contributed by atoms with Crippen molar-refractivity contribution < 1.29 is 213 Å². The summed E-state index contributed by atoms with van der Waals surface area (Å²) in [7, 11) is 0. The lowest BCUT2D eigenvalue weighted by Gasteiger charge is -2.49. The van der Waals surface area contributed by atoms with Crippen molar-refractivity contribution in [2.75, 3.05) is 46.2 Å². The zero-order chi connectivity index (χ0) is 97.1. The van der Waals surface area contributed by atoms with Crippen LogP contribution in [0.25, 0.3) is 0 Å². The molecule has 131 heavy (non-hydrogen) atoms. The summed E-state index contributed by atoms with van der Waals surface area (Å²) in [6.45, 7) is 19.7. The van der Waals surface area contributed by atoms with Gasteiger partial charge in [-0.05, 0) is 152 Å². The van der Waals surface area contributed by atoms with Crippen LogP contribution in [-0.4, -0.2) is 443 Å². The van der Waals surface area contributed by atoms with Crippen molar-refractivity contribution in [3.05, 3.63) is 95.2 Å². The Balaban J connectivity index is 0.877. The molecule has 8 aliphatic heterocycles. The summed E-state index contributed by atoms with van der Waals surface area (Å²) in [5.41, 5.74) is 1.43. The number of hydrogen-bond donors (Lipinski definition) is 25. The Labute approximate surface area is 760 Å². The summed E-state index contributed by atoms with van der Waals surface area (Å²) in [4.78, 5) is 14.5. The van der Waals surface area contributed by atoms with Gasteiger partial charge in [0.15, 0.2) is 56.4 Å². The fourth-order valence-electron chi connectivity index (χ4n) is 16.3. The van der Waals surface area contributed by atoms with Crippen LogP contribution in [-0.2, 0) is 85.3 Å². The van der Waals surface area contributed by atoms with Gasteiger partial charge in [-0.3, -0.25) is 0 Å². The van der Waals surface area contributed by atoms with Crippen molar-refractivity contribution >= 4 is 5.97 Å². The molecule has 0 aromatic carbocycles. The van der Waals surface area contributed by atoms with Gasteiger partial charge in [-0.25, -0.2) is 4.79 Å². The molecule has 43 heteroatoms. The summed E-state index contributed by atoms with van der Waals surface area (Å²) in [6.07, 6.45) is -50.2. The van der Waals surface area contributed by atoms with E-state index in [-0.39, 0.29) is 38.0 Å². The first-order valence-electron chi connectivity index (χ1n) is 44.4. The minimum atomic E-state index is -2.02. The number of esters is 1. The Morgan fingerprint density at radius 1 is 0.359 bits per heavy atom. The first-order chi connectivity index (χ1) is 61.8. The molecular formula is C88H144O43. The lowest BCUT2D eigenvalue weighted by molar-refractivity contribution is -0.379. The highest BCUT2D eigenvalue weighted by molar-refractivity contribution is 5.88. The van der Waals surface area contributed by atoms with Crippen LogP contribution >= 0.6 is 0 Å². The number of rotatable bonds is 45. The minimum Gasteiger partial charge on any atom is -0.451 e. The van der Waals surface area contributed by atoms with Crippen molar-refractivity contribution in [3.63, 3.8) is 0 Å². The number of hydrogen-bond acceptors (Lipinski definition) is 43. The smallest absolute Gasteiger partial charge is 0.334 e. The van der Waals surface area contributed by atoms with Crippen molar-refractivity contribution in [3.8, 4) is 0 Å². The first kappa shape index (κ1) is 112. The molecular weight excluding hydrogens is 1740 g/mol. The topological polar surface area (TPSA) is 680 Å². The normalized spacial score (nSPS) is 42.3. The predicted molar refractivity (Wildman–Crippen MR) is 450 cm³/mol. The number of allylic oxidation sites excluding steroid dienone is 7. The molecule has 0 bridgehead atoms. The molecule has 0 spiro atoms. The fourth-order valence-corrected chi connectivity index (χ4v) is 16.3. The van der Waals surface area contributed by atoms with Crippen molar-refractivity contribution in [2.45, 2.75) is 403 Å². The molecule has 43 atom stereocenters. The molecule has 43 nitrogen and oxygen atoms in total. The van der Waals surface area contributed by atoms with Gasteiger partial charge in [0.2, 0.25) is 0 Å². The minimum absolute atomic E-state index is 0.0419. The molecule has 8 rings (SSSR count). The van der Waals surface area contributed by atoms with Crippen LogP contribution in [0.1, 0.15) is 140 Å². The average Bonchev–Trinajstić information content (AvgIpc) is 0.787. The van der Waals surface area contributed by atoms with Gasteiger partial charge in [0.05, 0.1) is 81.9 Å². The molecule has 0 amide bonds. The van der Waals surface area contributed by atoms with Crippen LogP contribution in [0, 0.1) is 0 Å². The summed E-state index contributed by atoms with van der Waals surface area (Å²) in [6, 6.07) is 0. The van der Waals surface area contributed by atoms with Crippen LogP contribution in [0.2, 0.25) is 0 Å². The molecule has 754 valence electrons. The third-order valence-corrected chi connectivity index (χ3v) is 25.0. The van der Waals surface area contributed by atoms with Gasteiger partial charge in [0.1, 0.15) is 171 Å². The average molecular weight is 1890 g/mol. The van der Waals surface area contributed by atoms with Gasteiger partial charge in [-0.2, -0.15) is 0 Å². The van der Waals surface area contributed by atoms with Crippen molar-refractivity contribution in [1.82, 2.24) is 0 Å². The van der Waals surface area contributed by atoms with E-state index in [2.05, 4.69) is 19.2 Å². The van der Waals surface area contributed by atoms with Crippen LogP contribution in [0.5, 0.6) is 0 Å². The number of aliphatic hydroxyl groups excluding tert-OH is 25. The van der Waals surface area contributed by atoms with Crippen molar-refractivity contribution in [2.24, 2.45) is 0 Å². The molecule has 0 aromatic rings. The molecule has 8 fully saturated rings. The molecule has 8 aliphatic rings. The molecule has 25 N–H and O–H groups in total. The maximum absolute atomic E-state index is 14.5. The molecule has 0 saturated carbocycles. The van der Waals surface area contributed by atoms with Crippen LogP contribution in [0.3, 0.4) is 0 Å². The van der Waals surface area contributed by atoms with Crippen LogP contribution in [0.4, 0.5) is 0 Å². The Bertz CT molecular complexity index is 3680. The Morgan fingerprint density at radius 2 is 0.710 bits per heavy atom. The van der Waals surface area contributed by atoms with Crippen LogP contribution < -0.4 is 0 Å².